The summed E-state index contributed by atoms with van der Waals surface area (Å²) in [7, 11) is 0. The molecule has 76 valence electrons. The first kappa shape index (κ1) is 9.97. The van der Waals surface area contributed by atoms with Gasteiger partial charge in [0.2, 0.25) is 0 Å². The number of hydrogen-bond donors (Lipinski definition) is 2. The molecule has 2 rings (SSSR count). The second-order valence-corrected chi connectivity index (χ2v) is 4.95. The number of rotatable bonds is 1. The van der Waals surface area contributed by atoms with Crippen LogP contribution >= 0.6 is 11.6 Å². The lowest BCUT2D eigenvalue weighted by molar-refractivity contribution is -0.0738. The van der Waals surface area contributed by atoms with Crippen LogP contribution in [0.4, 0.5) is 0 Å². The molecule has 2 nitrogen and oxygen atoms in total. The standard InChI is InChI=1S/C11H14ClNO/c1-10(14)6-11(13,7-10)8-3-2-4-9(12)5-8/h2-5,14H,6-7,13H2,1H3. The van der Waals surface area contributed by atoms with E-state index in [4.69, 9.17) is 17.3 Å². The van der Waals surface area contributed by atoms with Crippen LogP contribution in [0.5, 0.6) is 0 Å². The van der Waals surface area contributed by atoms with Crippen molar-refractivity contribution in [2.45, 2.75) is 30.9 Å². The molecule has 1 aromatic carbocycles. The maximum atomic E-state index is 9.67. The highest BCUT2D eigenvalue weighted by molar-refractivity contribution is 6.30. The highest BCUT2D eigenvalue weighted by atomic mass is 35.5. The number of aliphatic hydroxyl groups is 1. The third-order valence-electron chi connectivity index (χ3n) is 2.79. The van der Waals surface area contributed by atoms with Gasteiger partial charge in [-0.05, 0) is 37.5 Å². The highest BCUT2D eigenvalue weighted by Crippen LogP contribution is 2.46. The van der Waals surface area contributed by atoms with Gasteiger partial charge in [-0.15, -0.1) is 0 Å². The van der Waals surface area contributed by atoms with Crippen molar-refractivity contribution in [1.29, 1.82) is 0 Å². The number of nitrogens with two attached hydrogens (primary N) is 1. The van der Waals surface area contributed by atoms with Crippen LogP contribution in [0.25, 0.3) is 0 Å². The maximum Gasteiger partial charge on any atom is 0.0661 e. The molecular formula is C11H14ClNO. The van der Waals surface area contributed by atoms with Crippen molar-refractivity contribution < 1.29 is 5.11 Å². The fourth-order valence-electron chi connectivity index (χ4n) is 2.31. The fourth-order valence-corrected chi connectivity index (χ4v) is 2.50. The summed E-state index contributed by atoms with van der Waals surface area (Å²) in [5, 5.41) is 10.4. The normalized spacial score (nSPS) is 36.6. The Labute approximate surface area is 88.7 Å². The Balaban J connectivity index is 2.25. The molecule has 3 heteroatoms. The van der Waals surface area contributed by atoms with E-state index in [1.165, 1.54) is 0 Å². The molecule has 0 aliphatic heterocycles. The van der Waals surface area contributed by atoms with Crippen LogP contribution < -0.4 is 5.73 Å². The summed E-state index contributed by atoms with van der Waals surface area (Å²) < 4.78 is 0. The molecule has 1 fully saturated rings. The Morgan fingerprint density at radius 2 is 2.07 bits per heavy atom. The first-order valence-electron chi connectivity index (χ1n) is 4.69. The minimum absolute atomic E-state index is 0.394. The predicted molar refractivity (Wildman–Crippen MR) is 57.2 cm³/mol. The smallest absolute Gasteiger partial charge is 0.0661 e. The summed E-state index contributed by atoms with van der Waals surface area (Å²) in [5.74, 6) is 0. The van der Waals surface area contributed by atoms with Gasteiger partial charge in [-0.1, -0.05) is 23.7 Å². The van der Waals surface area contributed by atoms with Gasteiger partial charge in [-0.3, -0.25) is 0 Å². The van der Waals surface area contributed by atoms with Gasteiger partial charge in [-0.25, -0.2) is 0 Å². The van der Waals surface area contributed by atoms with Gasteiger partial charge in [0.05, 0.1) is 5.60 Å². The lowest BCUT2D eigenvalue weighted by Gasteiger charge is -2.49. The van der Waals surface area contributed by atoms with Crippen LogP contribution in [0, 0.1) is 0 Å². The predicted octanol–water partition coefficient (Wildman–Crippen LogP) is 2.04. The first-order chi connectivity index (χ1) is 6.41. The molecule has 0 spiro atoms. The Hall–Kier alpha value is -0.570. The van der Waals surface area contributed by atoms with Gasteiger partial charge in [-0.2, -0.15) is 0 Å². The Morgan fingerprint density at radius 3 is 2.57 bits per heavy atom. The van der Waals surface area contributed by atoms with Crippen LogP contribution in [0.1, 0.15) is 25.3 Å². The van der Waals surface area contributed by atoms with Crippen molar-refractivity contribution in [1.82, 2.24) is 0 Å². The monoisotopic (exact) mass is 211 g/mol. The van der Waals surface area contributed by atoms with E-state index >= 15 is 0 Å². The summed E-state index contributed by atoms with van der Waals surface area (Å²) in [5.41, 5.74) is 6.15. The topological polar surface area (TPSA) is 46.2 Å². The van der Waals surface area contributed by atoms with Gasteiger partial charge >= 0.3 is 0 Å². The van der Waals surface area contributed by atoms with Crippen molar-refractivity contribution in [3.05, 3.63) is 34.9 Å². The number of halogens is 1. The van der Waals surface area contributed by atoms with Crippen LogP contribution in [-0.2, 0) is 5.54 Å². The molecule has 0 aromatic heterocycles. The Bertz CT molecular complexity index is 354. The second-order valence-electron chi connectivity index (χ2n) is 4.52. The molecule has 0 bridgehead atoms. The van der Waals surface area contributed by atoms with Gasteiger partial charge in [0, 0.05) is 10.6 Å². The van der Waals surface area contributed by atoms with Crippen molar-refractivity contribution in [3.8, 4) is 0 Å². The van der Waals surface area contributed by atoms with Crippen LogP contribution in [0.15, 0.2) is 24.3 Å². The molecule has 0 unspecified atom stereocenters. The SMILES string of the molecule is CC1(O)CC(N)(c2cccc(Cl)c2)C1. The molecular weight excluding hydrogens is 198 g/mol. The van der Waals surface area contributed by atoms with E-state index in [9.17, 15) is 5.11 Å². The fraction of sp³-hybridized carbons (Fsp3) is 0.455. The molecule has 0 atom stereocenters. The average molecular weight is 212 g/mol. The first-order valence-corrected chi connectivity index (χ1v) is 5.06. The zero-order valence-electron chi connectivity index (χ0n) is 8.13. The molecule has 3 N–H and O–H groups in total. The summed E-state index contributed by atoms with van der Waals surface area (Å²) in [4.78, 5) is 0. The molecule has 0 heterocycles. The summed E-state index contributed by atoms with van der Waals surface area (Å²) in [6, 6.07) is 7.54. The van der Waals surface area contributed by atoms with Crippen LogP contribution in [0.3, 0.4) is 0 Å². The minimum Gasteiger partial charge on any atom is -0.390 e. The zero-order chi connectivity index (χ0) is 10.4. The third-order valence-corrected chi connectivity index (χ3v) is 3.03. The lowest BCUT2D eigenvalue weighted by atomic mass is 9.63. The Kier molecular flexibility index (Phi) is 2.11. The van der Waals surface area contributed by atoms with Crippen molar-refractivity contribution in [2.75, 3.05) is 0 Å². The number of hydrogen-bond acceptors (Lipinski definition) is 2. The molecule has 1 saturated carbocycles. The van der Waals surface area contributed by atoms with E-state index < -0.39 is 11.1 Å². The van der Waals surface area contributed by atoms with Gasteiger partial charge in [0.1, 0.15) is 0 Å². The van der Waals surface area contributed by atoms with E-state index in [0.29, 0.717) is 17.9 Å². The van der Waals surface area contributed by atoms with Gasteiger partial charge in [0.25, 0.3) is 0 Å². The molecule has 0 saturated heterocycles. The molecule has 0 radical (unpaired) electrons. The van der Waals surface area contributed by atoms with Gasteiger partial charge in [0.15, 0.2) is 0 Å². The quantitative estimate of drug-likeness (QED) is 0.747. The zero-order valence-corrected chi connectivity index (χ0v) is 8.88. The summed E-state index contributed by atoms with van der Waals surface area (Å²) in [6.07, 6.45) is 1.20. The van der Waals surface area contributed by atoms with Crippen molar-refractivity contribution in [2.24, 2.45) is 5.73 Å². The minimum atomic E-state index is -0.614. The number of benzene rings is 1. The second kappa shape index (κ2) is 2.96. The van der Waals surface area contributed by atoms with Crippen LogP contribution in [-0.4, -0.2) is 10.7 Å². The maximum absolute atomic E-state index is 9.67. The molecule has 1 aliphatic carbocycles. The van der Waals surface area contributed by atoms with Gasteiger partial charge < -0.3 is 10.8 Å². The van der Waals surface area contributed by atoms with E-state index in [1.54, 1.807) is 0 Å². The van der Waals surface area contributed by atoms with Crippen LogP contribution in [0.2, 0.25) is 5.02 Å². The third kappa shape index (κ3) is 1.65. The highest BCUT2D eigenvalue weighted by Gasteiger charge is 2.49. The largest absolute Gasteiger partial charge is 0.390 e. The van der Waals surface area contributed by atoms with E-state index in [1.807, 2.05) is 31.2 Å². The average Bonchev–Trinajstić information content (AvgIpc) is 2.00. The van der Waals surface area contributed by atoms with E-state index in [0.717, 1.165) is 5.56 Å². The van der Waals surface area contributed by atoms with Crippen molar-refractivity contribution in [3.63, 3.8) is 0 Å². The van der Waals surface area contributed by atoms with Crippen molar-refractivity contribution >= 4 is 11.6 Å². The summed E-state index contributed by atoms with van der Waals surface area (Å²) >= 11 is 5.88. The molecule has 0 amide bonds. The van der Waals surface area contributed by atoms with E-state index in [2.05, 4.69) is 0 Å². The molecule has 1 aromatic rings. The molecule has 1 aliphatic rings. The lowest BCUT2D eigenvalue weighted by Crippen LogP contribution is -2.58. The Morgan fingerprint density at radius 1 is 1.43 bits per heavy atom. The van der Waals surface area contributed by atoms with E-state index in [-0.39, 0.29) is 0 Å². The molecule has 14 heavy (non-hydrogen) atoms. The summed E-state index contributed by atoms with van der Waals surface area (Å²) in [6.45, 7) is 1.81.